The molecule has 1 aliphatic rings. The average Bonchev–Trinajstić information content (AvgIpc) is 2.41. The van der Waals surface area contributed by atoms with E-state index in [1.54, 1.807) is 6.92 Å². The quantitative estimate of drug-likeness (QED) is 0.576. The Labute approximate surface area is 122 Å². The molecule has 116 valence electrons. The van der Waals surface area contributed by atoms with Crippen LogP contribution >= 0.6 is 0 Å². The number of aliphatic hydroxyl groups is 1. The maximum atomic E-state index is 12.2. The summed E-state index contributed by atoms with van der Waals surface area (Å²) in [6.07, 6.45) is 4.39. The third kappa shape index (κ3) is 3.98. The highest BCUT2D eigenvalue weighted by molar-refractivity contribution is 5.79. The van der Waals surface area contributed by atoms with Crippen LogP contribution in [-0.4, -0.2) is 29.9 Å². The molecule has 0 heterocycles. The first-order chi connectivity index (χ1) is 9.45. The molecule has 1 rings (SSSR count). The van der Waals surface area contributed by atoms with E-state index in [1.165, 1.54) is 0 Å². The highest BCUT2D eigenvalue weighted by Gasteiger charge is 2.40. The molecular formula is C16H28O4. The Balaban J connectivity index is 2.75. The normalized spacial score (nSPS) is 25.6. The van der Waals surface area contributed by atoms with E-state index in [4.69, 9.17) is 9.47 Å². The number of carbonyl (C=O) groups excluding carboxylic acids is 1. The van der Waals surface area contributed by atoms with Crippen molar-refractivity contribution < 1.29 is 19.4 Å². The molecule has 1 N–H and O–H groups in total. The summed E-state index contributed by atoms with van der Waals surface area (Å²) in [5, 5.41) is 9.97. The Bertz CT molecular complexity index is 339. The van der Waals surface area contributed by atoms with E-state index in [-0.39, 0.29) is 12.1 Å². The fraction of sp³-hybridized carbons (Fsp3) is 0.812. The fourth-order valence-corrected chi connectivity index (χ4v) is 2.67. The predicted molar refractivity (Wildman–Crippen MR) is 78.1 cm³/mol. The summed E-state index contributed by atoms with van der Waals surface area (Å²) in [7, 11) is 0. The average molecular weight is 284 g/mol. The maximum absolute atomic E-state index is 12.2. The van der Waals surface area contributed by atoms with Crippen molar-refractivity contribution in [1.82, 2.24) is 0 Å². The van der Waals surface area contributed by atoms with Crippen LogP contribution in [0.15, 0.2) is 12.3 Å². The van der Waals surface area contributed by atoms with Gasteiger partial charge >= 0.3 is 5.97 Å². The van der Waals surface area contributed by atoms with Gasteiger partial charge in [0.25, 0.3) is 0 Å². The van der Waals surface area contributed by atoms with E-state index >= 15 is 0 Å². The third-order valence-corrected chi connectivity index (χ3v) is 4.05. The SMILES string of the molecule is C=C(O[C@H]1CCCC[C@@H]1O)[C@](C)(CCC)C(=O)OCC. The molecule has 1 fully saturated rings. The van der Waals surface area contributed by atoms with Gasteiger partial charge in [0.1, 0.15) is 17.3 Å². The van der Waals surface area contributed by atoms with Crippen molar-refractivity contribution in [2.24, 2.45) is 5.41 Å². The zero-order chi connectivity index (χ0) is 15.2. The second-order valence-corrected chi connectivity index (χ2v) is 5.73. The van der Waals surface area contributed by atoms with Crippen molar-refractivity contribution in [1.29, 1.82) is 0 Å². The van der Waals surface area contributed by atoms with Crippen molar-refractivity contribution >= 4 is 5.97 Å². The van der Waals surface area contributed by atoms with Crippen molar-refractivity contribution in [3.05, 3.63) is 12.3 Å². The topological polar surface area (TPSA) is 55.8 Å². The zero-order valence-electron chi connectivity index (χ0n) is 13.0. The number of ether oxygens (including phenoxy) is 2. The molecule has 20 heavy (non-hydrogen) atoms. The first-order valence-electron chi connectivity index (χ1n) is 7.67. The lowest BCUT2D eigenvalue weighted by molar-refractivity contribution is -0.156. The monoisotopic (exact) mass is 284 g/mol. The predicted octanol–water partition coefficient (Wildman–Crippen LogP) is 3.19. The van der Waals surface area contributed by atoms with Crippen molar-refractivity contribution in [3.63, 3.8) is 0 Å². The molecule has 3 atom stereocenters. The van der Waals surface area contributed by atoms with Gasteiger partial charge in [-0.3, -0.25) is 4.79 Å². The van der Waals surface area contributed by atoms with Crippen LogP contribution in [-0.2, 0) is 14.3 Å². The summed E-state index contributed by atoms with van der Waals surface area (Å²) < 4.78 is 11.0. The summed E-state index contributed by atoms with van der Waals surface area (Å²) in [4.78, 5) is 12.2. The molecule has 0 aromatic carbocycles. The van der Waals surface area contributed by atoms with Crippen LogP contribution in [0.4, 0.5) is 0 Å². The molecule has 0 aromatic rings. The molecular weight excluding hydrogens is 256 g/mol. The van der Waals surface area contributed by atoms with Gasteiger partial charge in [-0.2, -0.15) is 0 Å². The minimum atomic E-state index is -0.831. The fourth-order valence-electron chi connectivity index (χ4n) is 2.67. The number of hydrogen-bond acceptors (Lipinski definition) is 4. The molecule has 0 amide bonds. The summed E-state index contributed by atoms with van der Waals surface area (Å²) in [5.74, 6) is 0.126. The van der Waals surface area contributed by atoms with Gasteiger partial charge in [0.15, 0.2) is 0 Å². The van der Waals surface area contributed by atoms with E-state index in [0.717, 1.165) is 32.1 Å². The lowest BCUT2D eigenvalue weighted by Gasteiger charge is -2.35. The van der Waals surface area contributed by atoms with Crippen LogP contribution in [0.2, 0.25) is 0 Å². The Morgan fingerprint density at radius 3 is 2.55 bits per heavy atom. The molecule has 4 heteroatoms. The number of rotatable bonds is 7. The van der Waals surface area contributed by atoms with Gasteiger partial charge in [0.2, 0.25) is 0 Å². The number of hydrogen-bond donors (Lipinski definition) is 1. The summed E-state index contributed by atoms with van der Waals surface area (Å²) in [6, 6.07) is 0. The van der Waals surface area contributed by atoms with Crippen LogP contribution in [0.3, 0.4) is 0 Å². The van der Waals surface area contributed by atoms with E-state index in [0.29, 0.717) is 18.8 Å². The first-order valence-corrected chi connectivity index (χ1v) is 7.67. The lowest BCUT2D eigenvalue weighted by Crippen LogP contribution is -2.38. The van der Waals surface area contributed by atoms with Gasteiger partial charge in [-0.1, -0.05) is 26.3 Å². The van der Waals surface area contributed by atoms with Gasteiger partial charge < -0.3 is 14.6 Å². The molecule has 0 bridgehead atoms. The molecule has 1 saturated carbocycles. The summed E-state index contributed by atoms with van der Waals surface area (Å²) in [5.41, 5.74) is -0.831. The van der Waals surface area contributed by atoms with E-state index in [2.05, 4.69) is 6.58 Å². The molecule has 0 aromatic heterocycles. The summed E-state index contributed by atoms with van der Waals surface area (Å²) >= 11 is 0. The molecule has 0 radical (unpaired) electrons. The second-order valence-electron chi connectivity index (χ2n) is 5.73. The van der Waals surface area contributed by atoms with Crippen LogP contribution in [0.5, 0.6) is 0 Å². The van der Waals surface area contributed by atoms with Gasteiger partial charge in [-0.15, -0.1) is 0 Å². The Morgan fingerprint density at radius 1 is 1.35 bits per heavy atom. The standard InChI is InChI=1S/C16H28O4/c1-5-11-16(4,15(18)19-6-2)12(3)20-14-10-8-7-9-13(14)17/h13-14,17H,3,5-11H2,1-2,4H3/t13-,14-,16-/m0/s1. The molecule has 0 aliphatic heterocycles. The smallest absolute Gasteiger partial charge is 0.319 e. The molecule has 0 unspecified atom stereocenters. The molecule has 0 saturated heterocycles. The lowest BCUT2D eigenvalue weighted by atomic mass is 9.83. The van der Waals surface area contributed by atoms with E-state index < -0.39 is 11.5 Å². The maximum Gasteiger partial charge on any atom is 0.319 e. The van der Waals surface area contributed by atoms with E-state index in [1.807, 2.05) is 13.8 Å². The van der Waals surface area contributed by atoms with Gasteiger partial charge in [-0.05, 0) is 39.5 Å². The van der Waals surface area contributed by atoms with Crippen LogP contribution in [0.25, 0.3) is 0 Å². The Morgan fingerprint density at radius 2 is 2.00 bits per heavy atom. The zero-order valence-corrected chi connectivity index (χ0v) is 13.0. The van der Waals surface area contributed by atoms with Crippen LogP contribution in [0.1, 0.15) is 59.3 Å². The highest BCUT2D eigenvalue weighted by atomic mass is 16.5. The van der Waals surface area contributed by atoms with Crippen molar-refractivity contribution in [2.75, 3.05) is 6.61 Å². The van der Waals surface area contributed by atoms with Crippen molar-refractivity contribution in [3.8, 4) is 0 Å². The minimum Gasteiger partial charge on any atom is -0.491 e. The van der Waals surface area contributed by atoms with Gasteiger partial charge in [0, 0.05) is 0 Å². The summed E-state index contributed by atoms with van der Waals surface area (Å²) in [6.45, 7) is 9.90. The minimum absolute atomic E-state index is 0.248. The second kappa shape index (κ2) is 7.67. The van der Waals surface area contributed by atoms with Crippen LogP contribution in [0, 0.1) is 5.41 Å². The van der Waals surface area contributed by atoms with Crippen LogP contribution < -0.4 is 0 Å². The Kier molecular flexibility index (Phi) is 6.53. The van der Waals surface area contributed by atoms with Gasteiger partial charge in [-0.25, -0.2) is 0 Å². The molecule has 1 aliphatic carbocycles. The number of carbonyl (C=O) groups is 1. The first kappa shape index (κ1) is 17.0. The highest BCUT2D eigenvalue weighted by Crippen LogP contribution is 2.36. The molecule has 4 nitrogen and oxygen atoms in total. The van der Waals surface area contributed by atoms with Gasteiger partial charge in [0.05, 0.1) is 12.7 Å². The van der Waals surface area contributed by atoms with E-state index in [9.17, 15) is 9.90 Å². The van der Waals surface area contributed by atoms with Crippen molar-refractivity contribution in [2.45, 2.75) is 71.5 Å². The molecule has 0 spiro atoms. The largest absolute Gasteiger partial charge is 0.491 e. The Hall–Kier alpha value is -1.03. The number of esters is 1. The number of aliphatic hydroxyl groups excluding tert-OH is 1. The third-order valence-electron chi connectivity index (χ3n) is 4.05.